The lowest BCUT2D eigenvalue weighted by atomic mass is 10.1. The summed E-state index contributed by atoms with van der Waals surface area (Å²) in [5.74, 6) is 1.45. The smallest absolute Gasteiger partial charge is 0.193 e. The van der Waals surface area contributed by atoms with Gasteiger partial charge in [-0.15, -0.1) is 24.0 Å². The minimum atomic E-state index is -0.212. The third-order valence-corrected chi connectivity index (χ3v) is 4.28. The Morgan fingerprint density at radius 3 is 2.54 bits per heavy atom. The van der Waals surface area contributed by atoms with Gasteiger partial charge in [0.05, 0.1) is 18.4 Å². The Kier molecular flexibility index (Phi) is 8.43. The predicted molar refractivity (Wildman–Crippen MR) is 122 cm³/mol. The van der Waals surface area contributed by atoms with Crippen molar-refractivity contribution in [2.75, 3.05) is 20.6 Å². The van der Waals surface area contributed by atoms with E-state index in [1.807, 2.05) is 36.3 Å². The molecule has 0 amide bonds. The first-order chi connectivity index (χ1) is 13.2. The van der Waals surface area contributed by atoms with Crippen molar-refractivity contribution in [3.8, 4) is 11.3 Å². The zero-order chi connectivity index (χ0) is 19.1. The molecule has 1 aromatic heterocycles. The first-order valence-electron chi connectivity index (χ1n) is 8.91. The van der Waals surface area contributed by atoms with E-state index >= 15 is 0 Å². The van der Waals surface area contributed by atoms with Gasteiger partial charge in [0.15, 0.2) is 5.96 Å². The molecular weight excluding hydrogens is 468 g/mol. The fraction of sp³-hybridized carbons (Fsp3) is 0.238. The maximum absolute atomic E-state index is 13.0. The average Bonchev–Trinajstić information content (AvgIpc) is 3.16. The van der Waals surface area contributed by atoms with Gasteiger partial charge in [-0.05, 0) is 29.7 Å². The third kappa shape index (κ3) is 6.05. The fourth-order valence-corrected chi connectivity index (χ4v) is 2.86. The number of nitrogens with one attached hydrogen (secondary N) is 2. The van der Waals surface area contributed by atoms with Gasteiger partial charge in [0, 0.05) is 20.6 Å². The van der Waals surface area contributed by atoms with Gasteiger partial charge >= 0.3 is 0 Å². The largest absolute Gasteiger partial charge is 0.356 e. The van der Waals surface area contributed by atoms with Crippen molar-refractivity contribution in [2.45, 2.75) is 13.0 Å². The first kappa shape index (κ1) is 21.9. The molecule has 3 rings (SSSR count). The molecule has 28 heavy (non-hydrogen) atoms. The first-order valence-corrected chi connectivity index (χ1v) is 8.91. The Labute approximate surface area is 182 Å². The number of H-pyrrole nitrogens is 1. The molecule has 0 saturated heterocycles. The molecule has 2 N–H and O–H groups in total. The Hall–Kier alpha value is -2.42. The van der Waals surface area contributed by atoms with Crippen LogP contribution in [0.4, 0.5) is 4.39 Å². The van der Waals surface area contributed by atoms with Crippen LogP contribution in [0.5, 0.6) is 0 Å². The summed E-state index contributed by atoms with van der Waals surface area (Å²) in [7, 11) is 3.73. The van der Waals surface area contributed by atoms with Crippen molar-refractivity contribution < 1.29 is 4.39 Å². The Morgan fingerprint density at radius 2 is 1.86 bits per heavy atom. The van der Waals surface area contributed by atoms with Crippen molar-refractivity contribution in [2.24, 2.45) is 4.99 Å². The number of aromatic amines is 1. The molecule has 0 fully saturated rings. The van der Waals surface area contributed by atoms with Gasteiger partial charge in [-0.2, -0.15) is 0 Å². The molecule has 0 atom stereocenters. The number of aliphatic imine (C=N–C) groups is 1. The molecule has 1 heterocycles. The molecule has 0 aliphatic heterocycles. The van der Waals surface area contributed by atoms with Gasteiger partial charge in [-0.25, -0.2) is 9.37 Å². The van der Waals surface area contributed by atoms with Crippen molar-refractivity contribution in [3.05, 3.63) is 78.0 Å². The lowest BCUT2D eigenvalue weighted by Crippen LogP contribution is -2.39. The summed E-state index contributed by atoms with van der Waals surface area (Å²) in [6.07, 6.45) is 2.65. The normalized spacial score (nSPS) is 11.0. The van der Waals surface area contributed by atoms with E-state index in [2.05, 4.69) is 32.4 Å². The fourth-order valence-electron chi connectivity index (χ4n) is 2.86. The highest BCUT2D eigenvalue weighted by Crippen LogP contribution is 2.16. The van der Waals surface area contributed by atoms with Crippen LogP contribution in [0.2, 0.25) is 0 Å². The molecule has 0 bridgehead atoms. The van der Waals surface area contributed by atoms with Crippen molar-refractivity contribution >= 4 is 29.9 Å². The highest BCUT2D eigenvalue weighted by Gasteiger charge is 2.09. The molecule has 148 valence electrons. The molecule has 0 aliphatic rings. The molecule has 0 unspecified atom stereocenters. The van der Waals surface area contributed by atoms with Crippen molar-refractivity contribution in [3.63, 3.8) is 0 Å². The lowest BCUT2D eigenvalue weighted by Gasteiger charge is -2.21. The number of hydrogen-bond acceptors (Lipinski definition) is 2. The Morgan fingerprint density at radius 1 is 1.14 bits per heavy atom. The van der Waals surface area contributed by atoms with Gasteiger partial charge in [-0.3, -0.25) is 4.99 Å². The molecular formula is C21H25FIN5. The minimum Gasteiger partial charge on any atom is -0.356 e. The monoisotopic (exact) mass is 493 g/mol. The summed E-state index contributed by atoms with van der Waals surface area (Å²) in [5, 5.41) is 3.33. The number of imidazole rings is 1. The topological polar surface area (TPSA) is 56.3 Å². The molecule has 5 nitrogen and oxygen atoms in total. The molecule has 0 spiro atoms. The van der Waals surface area contributed by atoms with Crippen LogP contribution >= 0.6 is 24.0 Å². The van der Waals surface area contributed by atoms with Crippen LogP contribution in [0, 0.1) is 5.82 Å². The summed E-state index contributed by atoms with van der Waals surface area (Å²) >= 11 is 0. The molecule has 0 aliphatic carbocycles. The Balaban J connectivity index is 0.00000280. The molecule has 0 radical (unpaired) electrons. The summed E-state index contributed by atoms with van der Waals surface area (Å²) in [4.78, 5) is 14.2. The third-order valence-electron chi connectivity index (χ3n) is 4.28. The molecule has 0 saturated carbocycles. The van der Waals surface area contributed by atoms with E-state index in [0.29, 0.717) is 6.54 Å². The maximum atomic E-state index is 13.0. The van der Waals surface area contributed by atoms with Crippen LogP contribution in [0.15, 0.2) is 65.8 Å². The van der Waals surface area contributed by atoms with Gasteiger partial charge < -0.3 is 15.2 Å². The minimum absolute atomic E-state index is 0. The summed E-state index contributed by atoms with van der Waals surface area (Å²) in [6.45, 7) is 1.33. The van der Waals surface area contributed by atoms with E-state index in [9.17, 15) is 4.39 Å². The number of halogens is 2. The second kappa shape index (κ2) is 10.8. The number of benzene rings is 2. The highest BCUT2D eigenvalue weighted by molar-refractivity contribution is 14.0. The molecule has 3 aromatic rings. The van der Waals surface area contributed by atoms with E-state index < -0.39 is 0 Å². The standard InChI is InChI=1S/C21H24FN5.HI/c1-23-21(24-13-12-16-8-10-18(22)11-9-16)27(2)15-20-25-14-19(26-20)17-6-4-3-5-7-17;/h3-11,14H,12-13,15H2,1-2H3,(H,23,24)(H,25,26);1H. The van der Waals surface area contributed by atoms with Gasteiger partial charge in [-0.1, -0.05) is 42.5 Å². The van der Waals surface area contributed by atoms with E-state index in [0.717, 1.165) is 41.6 Å². The second-order valence-electron chi connectivity index (χ2n) is 6.32. The van der Waals surface area contributed by atoms with Gasteiger partial charge in [0.1, 0.15) is 11.6 Å². The van der Waals surface area contributed by atoms with E-state index in [1.54, 1.807) is 19.2 Å². The van der Waals surface area contributed by atoms with E-state index in [4.69, 9.17) is 0 Å². The van der Waals surface area contributed by atoms with Crippen LogP contribution in [0.1, 0.15) is 11.4 Å². The SMILES string of the molecule is CN=C(NCCc1ccc(F)cc1)N(C)Cc1ncc(-c2ccccc2)[nH]1.I. The summed E-state index contributed by atoms with van der Waals surface area (Å²) in [5.41, 5.74) is 3.19. The number of rotatable bonds is 6. The Bertz CT molecular complexity index is 877. The van der Waals surface area contributed by atoms with Crippen LogP contribution in [0.3, 0.4) is 0 Å². The van der Waals surface area contributed by atoms with Crippen LogP contribution in [-0.4, -0.2) is 41.5 Å². The summed E-state index contributed by atoms with van der Waals surface area (Å²) in [6, 6.07) is 16.7. The highest BCUT2D eigenvalue weighted by atomic mass is 127. The van der Waals surface area contributed by atoms with Crippen molar-refractivity contribution in [1.82, 2.24) is 20.2 Å². The van der Waals surface area contributed by atoms with E-state index in [1.165, 1.54) is 12.1 Å². The maximum Gasteiger partial charge on any atom is 0.193 e. The van der Waals surface area contributed by atoms with Crippen LogP contribution < -0.4 is 5.32 Å². The zero-order valence-electron chi connectivity index (χ0n) is 16.0. The average molecular weight is 493 g/mol. The number of hydrogen-bond donors (Lipinski definition) is 2. The van der Waals surface area contributed by atoms with E-state index in [-0.39, 0.29) is 29.8 Å². The zero-order valence-corrected chi connectivity index (χ0v) is 18.4. The number of aromatic nitrogens is 2. The number of guanidine groups is 1. The van der Waals surface area contributed by atoms with Crippen LogP contribution in [-0.2, 0) is 13.0 Å². The number of nitrogens with zero attached hydrogens (tertiary/aromatic N) is 3. The van der Waals surface area contributed by atoms with Gasteiger partial charge in [0.25, 0.3) is 0 Å². The van der Waals surface area contributed by atoms with Gasteiger partial charge in [0.2, 0.25) is 0 Å². The van der Waals surface area contributed by atoms with Crippen LogP contribution in [0.25, 0.3) is 11.3 Å². The lowest BCUT2D eigenvalue weighted by molar-refractivity contribution is 0.464. The van der Waals surface area contributed by atoms with Crippen molar-refractivity contribution in [1.29, 1.82) is 0 Å². The molecule has 7 heteroatoms. The quantitative estimate of drug-likeness (QED) is 0.309. The second-order valence-corrected chi connectivity index (χ2v) is 6.32. The molecule has 2 aromatic carbocycles. The summed E-state index contributed by atoms with van der Waals surface area (Å²) < 4.78 is 13.0. The predicted octanol–water partition coefficient (Wildman–Crippen LogP) is 4.08.